The molecule has 1 aliphatic carbocycles. The number of nitrogens with zero attached hydrogens (tertiary/aromatic N) is 1. The SMILES string of the molecule is O=C(N[C@H]1CCCC[C@@H]1O)c1ccn[nH]1. The molecule has 1 fully saturated rings. The molecule has 0 bridgehead atoms. The maximum absolute atomic E-state index is 11.6. The quantitative estimate of drug-likeness (QED) is 0.661. The molecule has 5 heteroatoms. The summed E-state index contributed by atoms with van der Waals surface area (Å²) in [6, 6.07) is 1.50. The van der Waals surface area contributed by atoms with Crippen molar-refractivity contribution >= 4 is 5.91 Å². The highest BCUT2D eigenvalue weighted by Gasteiger charge is 2.24. The van der Waals surface area contributed by atoms with Gasteiger partial charge in [0.05, 0.1) is 12.1 Å². The van der Waals surface area contributed by atoms with Gasteiger partial charge >= 0.3 is 0 Å². The Morgan fingerprint density at radius 1 is 1.53 bits per heavy atom. The minimum absolute atomic E-state index is 0.116. The molecule has 82 valence electrons. The number of aliphatic hydroxyl groups excluding tert-OH is 1. The van der Waals surface area contributed by atoms with Crippen LogP contribution in [0.5, 0.6) is 0 Å². The molecule has 1 aliphatic rings. The molecule has 15 heavy (non-hydrogen) atoms. The number of nitrogens with one attached hydrogen (secondary N) is 2. The van der Waals surface area contributed by atoms with Gasteiger partial charge in [0.2, 0.25) is 0 Å². The fourth-order valence-electron chi connectivity index (χ4n) is 1.91. The van der Waals surface area contributed by atoms with E-state index in [1.165, 1.54) is 6.20 Å². The summed E-state index contributed by atoms with van der Waals surface area (Å²) in [6.07, 6.45) is 4.84. The van der Waals surface area contributed by atoms with Gasteiger partial charge in [0.25, 0.3) is 5.91 Å². The highest BCUT2D eigenvalue weighted by Crippen LogP contribution is 2.18. The van der Waals surface area contributed by atoms with Gasteiger partial charge in [-0.3, -0.25) is 9.89 Å². The Labute approximate surface area is 87.9 Å². The molecule has 5 nitrogen and oxygen atoms in total. The van der Waals surface area contributed by atoms with Crippen LogP contribution in [0.3, 0.4) is 0 Å². The van der Waals surface area contributed by atoms with Crippen LogP contribution in [0, 0.1) is 0 Å². The molecule has 2 atom stereocenters. The van der Waals surface area contributed by atoms with E-state index in [0.29, 0.717) is 5.69 Å². The van der Waals surface area contributed by atoms with Crippen molar-refractivity contribution in [1.82, 2.24) is 15.5 Å². The zero-order valence-electron chi connectivity index (χ0n) is 8.44. The Kier molecular flexibility index (Phi) is 3.01. The number of amides is 1. The summed E-state index contributed by atoms with van der Waals surface area (Å²) in [5.41, 5.74) is 0.438. The van der Waals surface area contributed by atoms with E-state index in [9.17, 15) is 9.90 Å². The van der Waals surface area contributed by atoms with Gasteiger partial charge < -0.3 is 10.4 Å². The first-order valence-corrected chi connectivity index (χ1v) is 5.25. The molecular weight excluding hydrogens is 194 g/mol. The van der Waals surface area contributed by atoms with Crippen LogP contribution in [0.1, 0.15) is 36.2 Å². The van der Waals surface area contributed by atoms with E-state index in [1.54, 1.807) is 6.07 Å². The zero-order chi connectivity index (χ0) is 10.7. The van der Waals surface area contributed by atoms with Crippen LogP contribution in [0.25, 0.3) is 0 Å². The van der Waals surface area contributed by atoms with Crippen molar-refractivity contribution in [3.8, 4) is 0 Å². The van der Waals surface area contributed by atoms with E-state index in [2.05, 4.69) is 15.5 Å². The van der Waals surface area contributed by atoms with Crippen molar-refractivity contribution in [3.63, 3.8) is 0 Å². The summed E-state index contributed by atoms with van der Waals surface area (Å²) in [5.74, 6) is -0.196. The van der Waals surface area contributed by atoms with Crippen molar-refractivity contribution in [2.75, 3.05) is 0 Å². The Hall–Kier alpha value is -1.36. The maximum Gasteiger partial charge on any atom is 0.269 e. The summed E-state index contributed by atoms with van der Waals surface area (Å²) in [4.78, 5) is 11.6. The number of aliphatic hydroxyl groups is 1. The van der Waals surface area contributed by atoms with Crippen LogP contribution in [0.15, 0.2) is 12.3 Å². The predicted octanol–water partition coefficient (Wildman–Crippen LogP) is 0.443. The van der Waals surface area contributed by atoms with E-state index >= 15 is 0 Å². The smallest absolute Gasteiger partial charge is 0.269 e. The average molecular weight is 209 g/mol. The molecule has 0 radical (unpaired) electrons. The van der Waals surface area contributed by atoms with Crippen molar-refractivity contribution in [2.24, 2.45) is 0 Å². The van der Waals surface area contributed by atoms with Gasteiger partial charge in [0.15, 0.2) is 0 Å². The van der Waals surface area contributed by atoms with Crippen molar-refractivity contribution in [3.05, 3.63) is 18.0 Å². The van der Waals surface area contributed by atoms with Crippen molar-refractivity contribution in [2.45, 2.75) is 37.8 Å². The lowest BCUT2D eigenvalue weighted by atomic mass is 9.92. The van der Waals surface area contributed by atoms with Gasteiger partial charge in [-0.1, -0.05) is 12.8 Å². The molecule has 0 saturated heterocycles. The highest BCUT2D eigenvalue weighted by molar-refractivity contribution is 5.92. The van der Waals surface area contributed by atoms with Crippen LogP contribution in [-0.4, -0.2) is 33.4 Å². The Bertz CT molecular complexity index is 323. The van der Waals surface area contributed by atoms with Gasteiger partial charge in [-0.2, -0.15) is 5.10 Å². The van der Waals surface area contributed by atoms with Crippen molar-refractivity contribution < 1.29 is 9.90 Å². The third kappa shape index (κ3) is 2.36. The number of rotatable bonds is 2. The third-order valence-corrected chi connectivity index (χ3v) is 2.79. The molecule has 1 amide bonds. The van der Waals surface area contributed by atoms with Gasteiger partial charge in [0, 0.05) is 6.20 Å². The van der Waals surface area contributed by atoms with Crippen molar-refractivity contribution in [1.29, 1.82) is 0 Å². The minimum Gasteiger partial charge on any atom is -0.391 e. The normalized spacial score (nSPS) is 26.2. The summed E-state index contributed by atoms with van der Waals surface area (Å²) in [6.45, 7) is 0. The van der Waals surface area contributed by atoms with Gasteiger partial charge in [0.1, 0.15) is 5.69 Å². The number of aromatic nitrogens is 2. The monoisotopic (exact) mass is 209 g/mol. The van der Waals surface area contributed by atoms with E-state index in [4.69, 9.17) is 0 Å². The molecule has 1 saturated carbocycles. The number of hydrogen-bond donors (Lipinski definition) is 3. The predicted molar refractivity (Wildman–Crippen MR) is 54.3 cm³/mol. The number of carbonyl (C=O) groups excluding carboxylic acids is 1. The molecule has 1 heterocycles. The summed E-state index contributed by atoms with van der Waals surface area (Å²) in [5, 5.41) is 18.8. The molecule has 0 unspecified atom stereocenters. The summed E-state index contributed by atoms with van der Waals surface area (Å²) >= 11 is 0. The highest BCUT2D eigenvalue weighted by atomic mass is 16.3. The standard InChI is InChI=1S/C10H15N3O2/c14-9-4-2-1-3-7(9)12-10(15)8-5-6-11-13-8/h5-7,9,14H,1-4H2,(H,11,13)(H,12,15)/t7-,9-/m0/s1. The minimum atomic E-state index is -0.411. The fourth-order valence-corrected chi connectivity index (χ4v) is 1.91. The maximum atomic E-state index is 11.6. The third-order valence-electron chi connectivity index (χ3n) is 2.79. The zero-order valence-corrected chi connectivity index (χ0v) is 8.44. The van der Waals surface area contributed by atoms with E-state index in [-0.39, 0.29) is 11.9 Å². The van der Waals surface area contributed by atoms with Crippen LogP contribution in [-0.2, 0) is 0 Å². The van der Waals surface area contributed by atoms with Crippen LogP contribution in [0.4, 0.5) is 0 Å². The first-order valence-electron chi connectivity index (χ1n) is 5.25. The lowest BCUT2D eigenvalue weighted by molar-refractivity contribution is 0.0714. The van der Waals surface area contributed by atoms with E-state index < -0.39 is 6.10 Å². The number of H-pyrrole nitrogens is 1. The number of hydrogen-bond acceptors (Lipinski definition) is 3. The lowest BCUT2D eigenvalue weighted by Crippen LogP contribution is -2.45. The topological polar surface area (TPSA) is 78.0 Å². The Morgan fingerprint density at radius 3 is 3.00 bits per heavy atom. The van der Waals surface area contributed by atoms with Crippen LogP contribution in [0.2, 0.25) is 0 Å². The first kappa shape index (κ1) is 10.2. The molecule has 2 rings (SSSR count). The first-order chi connectivity index (χ1) is 7.27. The second kappa shape index (κ2) is 4.44. The second-order valence-electron chi connectivity index (χ2n) is 3.90. The molecule has 1 aromatic rings. The fraction of sp³-hybridized carbons (Fsp3) is 0.600. The van der Waals surface area contributed by atoms with Gasteiger partial charge in [-0.05, 0) is 18.9 Å². The average Bonchev–Trinajstić information content (AvgIpc) is 2.74. The second-order valence-corrected chi connectivity index (χ2v) is 3.90. The molecule has 1 aromatic heterocycles. The largest absolute Gasteiger partial charge is 0.391 e. The van der Waals surface area contributed by atoms with E-state index in [1.807, 2.05) is 0 Å². The Morgan fingerprint density at radius 2 is 2.33 bits per heavy atom. The molecule has 3 N–H and O–H groups in total. The molecule has 0 aromatic carbocycles. The molecule has 0 spiro atoms. The van der Waals surface area contributed by atoms with Crippen LogP contribution >= 0.6 is 0 Å². The molecule has 0 aliphatic heterocycles. The number of carbonyl (C=O) groups is 1. The summed E-state index contributed by atoms with van der Waals surface area (Å²) < 4.78 is 0. The summed E-state index contributed by atoms with van der Waals surface area (Å²) in [7, 11) is 0. The Balaban J connectivity index is 1.93. The van der Waals surface area contributed by atoms with Crippen LogP contribution < -0.4 is 5.32 Å². The van der Waals surface area contributed by atoms with E-state index in [0.717, 1.165) is 25.7 Å². The van der Waals surface area contributed by atoms with Gasteiger partial charge in [-0.25, -0.2) is 0 Å². The number of aromatic amines is 1. The molecular formula is C10H15N3O2. The van der Waals surface area contributed by atoms with Gasteiger partial charge in [-0.15, -0.1) is 0 Å². The lowest BCUT2D eigenvalue weighted by Gasteiger charge is -2.28.